The number of aromatic nitrogens is 1. The molecule has 0 radical (unpaired) electrons. The topological polar surface area (TPSA) is 68.7 Å². The normalized spacial score (nSPS) is 20.1. The first kappa shape index (κ1) is 21.4. The van der Waals surface area contributed by atoms with Crippen molar-refractivity contribution in [1.82, 2.24) is 4.98 Å². The SMILES string of the molecule is CC1(C)OC(C)(C)C(O)=C(c2cc(Oc3nc4ccc(Cl)cc4s3)ccc2C2CC2)C1=O. The summed E-state index contributed by atoms with van der Waals surface area (Å²) in [5.41, 5.74) is 0.867. The zero-order valence-electron chi connectivity index (χ0n) is 18.4. The summed E-state index contributed by atoms with van der Waals surface area (Å²) in [5.74, 6) is 0.661. The second kappa shape index (κ2) is 7.30. The van der Waals surface area contributed by atoms with Crippen molar-refractivity contribution in [1.29, 1.82) is 0 Å². The van der Waals surface area contributed by atoms with Crippen LogP contribution in [0, 0.1) is 0 Å². The summed E-state index contributed by atoms with van der Waals surface area (Å²) in [6, 6.07) is 11.2. The minimum absolute atomic E-state index is 0.0458. The third-order valence-electron chi connectivity index (χ3n) is 5.94. The number of aliphatic hydroxyl groups excluding tert-OH is 1. The number of benzene rings is 2. The van der Waals surface area contributed by atoms with Gasteiger partial charge in [-0.15, -0.1) is 0 Å². The highest BCUT2D eigenvalue weighted by molar-refractivity contribution is 7.20. The van der Waals surface area contributed by atoms with Crippen LogP contribution in [0.2, 0.25) is 5.02 Å². The van der Waals surface area contributed by atoms with Gasteiger partial charge >= 0.3 is 0 Å². The smallest absolute Gasteiger partial charge is 0.279 e. The number of rotatable bonds is 4. The first-order valence-corrected chi connectivity index (χ1v) is 11.8. The highest BCUT2D eigenvalue weighted by Crippen LogP contribution is 2.48. The van der Waals surface area contributed by atoms with Crippen molar-refractivity contribution in [3.8, 4) is 10.9 Å². The standard InChI is InChI=1S/C25H24ClNO4S/c1-24(2)21(28)20(22(29)25(3,4)31-24)17-12-15(8-9-16(17)13-5-6-13)30-23-27-18-10-7-14(26)11-19(18)32-23/h7-13,28H,5-6H2,1-4H3. The van der Waals surface area contributed by atoms with Crippen molar-refractivity contribution < 1.29 is 19.4 Å². The highest BCUT2D eigenvalue weighted by Gasteiger charge is 2.48. The number of halogens is 1. The van der Waals surface area contributed by atoms with E-state index in [0.717, 1.165) is 28.6 Å². The molecule has 2 heterocycles. The Labute approximate surface area is 195 Å². The summed E-state index contributed by atoms with van der Waals surface area (Å²) in [4.78, 5) is 17.9. The lowest BCUT2D eigenvalue weighted by Gasteiger charge is -2.40. The number of aliphatic hydroxyl groups is 1. The predicted octanol–water partition coefficient (Wildman–Crippen LogP) is 7.05. The maximum atomic E-state index is 13.4. The summed E-state index contributed by atoms with van der Waals surface area (Å²) >= 11 is 7.49. The van der Waals surface area contributed by atoms with E-state index in [1.54, 1.807) is 33.8 Å². The van der Waals surface area contributed by atoms with Gasteiger partial charge in [0.1, 0.15) is 22.7 Å². The van der Waals surface area contributed by atoms with Crippen LogP contribution in [0.4, 0.5) is 0 Å². The molecule has 1 saturated carbocycles. The van der Waals surface area contributed by atoms with Crippen molar-refractivity contribution >= 4 is 44.5 Å². The van der Waals surface area contributed by atoms with Crippen molar-refractivity contribution in [3.63, 3.8) is 0 Å². The van der Waals surface area contributed by atoms with E-state index in [1.165, 1.54) is 11.3 Å². The number of ether oxygens (including phenoxy) is 2. The second-order valence-electron chi connectivity index (χ2n) is 9.39. The maximum absolute atomic E-state index is 13.4. The molecule has 3 aromatic rings. The average molecular weight is 470 g/mol. The molecule has 0 amide bonds. The first-order valence-electron chi connectivity index (χ1n) is 10.6. The van der Waals surface area contributed by atoms with Crippen LogP contribution in [0.1, 0.15) is 57.6 Å². The Morgan fingerprint density at radius 3 is 2.59 bits per heavy atom. The quantitative estimate of drug-likeness (QED) is 0.443. The fourth-order valence-corrected chi connectivity index (χ4v) is 5.39. The van der Waals surface area contributed by atoms with E-state index in [0.29, 0.717) is 33.0 Å². The van der Waals surface area contributed by atoms with E-state index >= 15 is 0 Å². The molecule has 32 heavy (non-hydrogen) atoms. The van der Waals surface area contributed by atoms with E-state index in [2.05, 4.69) is 4.98 Å². The van der Waals surface area contributed by atoms with E-state index in [1.807, 2.05) is 30.3 Å². The molecule has 0 bridgehead atoms. The van der Waals surface area contributed by atoms with Crippen molar-refractivity contribution in [2.24, 2.45) is 0 Å². The molecule has 0 saturated heterocycles. The van der Waals surface area contributed by atoms with Gasteiger partial charge in [-0.25, -0.2) is 4.98 Å². The Morgan fingerprint density at radius 2 is 1.88 bits per heavy atom. The Hall–Kier alpha value is -2.41. The molecular formula is C25H24ClNO4S. The van der Waals surface area contributed by atoms with Gasteiger partial charge in [-0.3, -0.25) is 4.79 Å². The van der Waals surface area contributed by atoms with Crippen LogP contribution in [0.5, 0.6) is 10.9 Å². The molecule has 5 rings (SSSR count). The van der Waals surface area contributed by atoms with Crippen LogP contribution in [0.25, 0.3) is 15.8 Å². The number of carbonyl (C=O) groups is 1. The molecule has 2 aromatic carbocycles. The van der Waals surface area contributed by atoms with E-state index in [9.17, 15) is 9.90 Å². The Bertz CT molecular complexity index is 1290. The number of carbonyl (C=O) groups excluding carboxylic acids is 1. The van der Waals surface area contributed by atoms with Crippen LogP contribution in [0.3, 0.4) is 0 Å². The van der Waals surface area contributed by atoms with Crippen LogP contribution >= 0.6 is 22.9 Å². The van der Waals surface area contributed by atoms with Gasteiger partial charge in [0.15, 0.2) is 5.78 Å². The second-order valence-corrected chi connectivity index (χ2v) is 10.8. The van der Waals surface area contributed by atoms with Crippen molar-refractivity contribution in [2.45, 2.75) is 57.7 Å². The molecule has 0 spiro atoms. The fraction of sp³-hybridized carbons (Fsp3) is 0.360. The number of hydrogen-bond donors (Lipinski definition) is 1. The van der Waals surface area contributed by atoms with Crippen LogP contribution in [-0.4, -0.2) is 27.1 Å². The monoisotopic (exact) mass is 469 g/mol. The minimum atomic E-state index is -1.05. The molecular weight excluding hydrogens is 446 g/mol. The fourth-order valence-electron chi connectivity index (χ4n) is 4.28. The average Bonchev–Trinajstić information content (AvgIpc) is 3.47. The van der Waals surface area contributed by atoms with Gasteiger partial charge in [0.2, 0.25) is 0 Å². The molecule has 1 fully saturated rings. The summed E-state index contributed by atoms with van der Waals surface area (Å²) in [5, 5.41) is 12.2. The van der Waals surface area contributed by atoms with Gasteiger partial charge in [-0.1, -0.05) is 29.0 Å². The van der Waals surface area contributed by atoms with Crippen molar-refractivity contribution in [2.75, 3.05) is 0 Å². The predicted molar refractivity (Wildman–Crippen MR) is 127 cm³/mol. The lowest BCUT2D eigenvalue weighted by molar-refractivity contribution is -0.158. The molecule has 1 N–H and O–H groups in total. The van der Waals surface area contributed by atoms with Crippen LogP contribution < -0.4 is 4.74 Å². The molecule has 7 heteroatoms. The third kappa shape index (κ3) is 3.70. The number of hydrogen-bond acceptors (Lipinski definition) is 6. The van der Waals surface area contributed by atoms with Gasteiger partial charge in [0.25, 0.3) is 5.19 Å². The Balaban J connectivity index is 1.60. The van der Waals surface area contributed by atoms with Crippen molar-refractivity contribution in [3.05, 3.63) is 58.3 Å². The Morgan fingerprint density at radius 1 is 1.12 bits per heavy atom. The Kier molecular flexibility index (Phi) is 4.89. The molecule has 1 aromatic heterocycles. The van der Waals surface area contributed by atoms with E-state index in [4.69, 9.17) is 21.1 Å². The molecule has 5 nitrogen and oxygen atoms in total. The number of fused-ring (bicyclic) bond motifs is 1. The summed E-state index contributed by atoms with van der Waals surface area (Å²) < 4.78 is 12.9. The lowest BCUT2D eigenvalue weighted by atomic mass is 9.81. The van der Waals surface area contributed by atoms with E-state index in [-0.39, 0.29) is 11.5 Å². The highest BCUT2D eigenvalue weighted by atomic mass is 35.5. The molecule has 0 unspecified atom stereocenters. The lowest BCUT2D eigenvalue weighted by Crippen LogP contribution is -2.49. The van der Waals surface area contributed by atoms with Gasteiger partial charge in [0, 0.05) is 5.02 Å². The van der Waals surface area contributed by atoms with Gasteiger partial charge in [-0.2, -0.15) is 0 Å². The van der Waals surface area contributed by atoms with E-state index < -0.39 is 11.2 Å². The minimum Gasteiger partial charge on any atom is -0.508 e. The number of Topliss-reactive ketones (excluding diaryl/α,β-unsaturated/α-hetero) is 1. The van der Waals surface area contributed by atoms with Gasteiger partial charge in [-0.05, 0) is 87.9 Å². The number of ketones is 1. The zero-order valence-corrected chi connectivity index (χ0v) is 19.9. The molecule has 2 aliphatic rings. The summed E-state index contributed by atoms with van der Waals surface area (Å²) in [6.07, 6.45) is 2.13. The molecule has 166 valence electrons. The molecule has 1 aliphatic heterocycles. The van der Waals surface area contributed by atoms with Gasteiger partial charge in [0.05, 0.1) is 15.8 Å². The summed E-state index contributed by atoms with van der Waals surface area (Å²) in [6.45, 7) is 7.04. The number of nitrogens with zero attached hydrogens (tertiary/aromatic N) is 1. The largest absolute Gasteiger partial charge is 0.508 e. The van der Waals surface area contributed by atoms with Crippen LogP contribution in [-0.2, 0) is 9.53 Å². The van der Waals surface area contributed by atoms with Gasteiger partial charge < -0.3 is 14.6 Å². The number of thiazole rings is 1. The van der Waals surface area contributed by atoms with Crippen LogP contribution in [0.15, 0.2) is 42.2 Å². The zero-order chi connectivity index (χ0) is 22.8. The maximum Gasteiger partial charge on any atom is 0.279 e. The molecule has 0 atom stereocenters. The molecule has 1 aliphatic carbocycles. The third-order valence-corrected chi connectivity index (χ3v) is 7.07. The first-order chi connectivity index (χ1) is 15.0. The summed E-state index contributed by atoms with van der Waals surface area (Å²) in [7, 11) is 0.